The number of alkyl halides is 3. The van der Waals surface area contributed by atoms with Crippen LogP contribution in [0, 0.1) is 0 Å². The molecule has 1 aromatic heterocycles. The quantitative estimate of drug-likeness (QED) is 0.376. The van der Waals surface area contributed by atoms with Gasteiger partial charge in [0.2, 0.25) is 11.8 Å². The maximum absolute atomic E-state index is 14.5. The van der Waals surface area contributed by atoms with E-state index in [-0.39, 0.29) is 44.7 Å². The molecule has 0 saturated carbocycles. The smallest absolute Gasteiger partial charge is 0.322 e. The highest BCUT2D eigenvalue weighted by Gasteiger charge is 2.40. The van der Waals surface area contributed by atoms with Crippen LogP contribution in [0.5, 0.6) is 0 Å². The van der Waals surface area contributed by atoms with E-state index in [9.17, 15) is 32.3 Å². The topological polar surface area (TPSA) is 104 Å². The Morgan fingerprint density at radius 2 is 1.84 bits per heavy atom. The summed E-state index contributed by atoms with van der Waals surface area (Å²) < 4.78 is 43.6. The standard InChI is InChI=1S/C31H34F3N5O4/c1-20(40)25-17-38(26-9-8-23(15-24(25)26)36-30(43)37-13-5-11-31(33,34)19-37)18-28(41)39-16-22(32)14-27(39)29(42)35-12-10-21-6-3-2-4-7-21/h2-4,6-9,15,17,22,27H,5,10-14,16,18-19H2,1H3,(H,35,42)(H,36,43)/t22-,27+/m1/s1. The Morgan fingerprint density at radius 3 is 2.56 bits per heavy atom. The van der Waals surface area contributed by atoms with Gasteiger partial charge in [0.1, 0.15) is 18.8 Å². The number of nitrogens with one attached hydrogen (secondary N) is 2. The van der Waals surface area contributed by atoms with Crippen LogP contribution in [-0.2, 0) is 22.6 Å². The van der Waals surface area contributed by atoms with Crippen LogP contribution in [0.2, 0.25) is 0 Å². The van der Waals surface area contributed by atoms with Crippen molar-refractivity contribution in [3.8, 4) is 0 Å². The zero-order valence-electron chi connectivity index (χ0n) is 23.8. The number of benzene rings is 2. The molecular weight excluding hydrogens is 563 g/mol. The van der Waals surface area contributed by atoms with Gasteiger partial charge in [-0.3, -0.25) is 14.4 Å². The molecular formula is C31H34F3N5O4. The third-order valence-corrected chi connectivity index (χ3v) is 7.93. The predicted octanol–water partition coefficient (Wildman–Crippen LogP) is 4.40. The van der Waals surface area contributed by atoms with Gasteiger partial charge < -0.3 is 25.0 Å². The van der Waals surface area contributed by atoms with Crippen molar-refractivity contribution in [2.75, 3.05) is 31.5 Å². The van der Waals surface area contributed by atoms with Gasteiger partial charge in [0.15, 0.2) is 5.78 Å². The molecule has 228 valence electrons. The lowest BCUT2D eigenvalue weighted by Gasteiger charge is -2.32. The first-order valence-electron chi connectivity index (χ1n) is 14.3. The molecule has 5 rings (SSSR count). The number of hydrogen-bond acceptors (Lipinski definition) is 4. The van der Waals surface area contributed by atoms with Gasteiger partial charge in [-0.15, -0.1) is 0 Å². The van der Waals surface area contributed by atoms with Crippen LogP contribution in [0.3, 0.4) is 0 Å². The molecule has 4 amide bonds. The number of carbonyl (C=O) groups is 4. The molecule has 2 atom stereocenters. The maximum Gasteiger partial charge on any atom is 0.322 e. The Hall–Kier alpha value is -4.35. The number of rotatable bonds is 8. The first-order valence-corrected chi connectivity index (χ1v) is 14.3. The molecule has 43 heavy (non-hydrogen) atoms. The summed E-state index contributed by atoms with van der Waals surface area (Å²) in [5.41, 5.74) is 2.16. The van der Waals surface area contributed by atoms with E-state index in [2.05, 4.69) is 10.6 Å². The lowest BCUT2D eigenvalue weighted by atomic mass is 10.1. The predicted molar refractivity (Wildman–Crippen MR) is 155 cm³/mol. The van der Waals surface area contributed by atoms with Gasteiger partial charge in [0, 0.05) is 54.3 Å². The molecule has 2 aliphatic rings. The second-order valence-corrected chi connectivity index (χ2v) is 11.2. The Bertz CT molecular complexity index is 1530. The van der Waals surface area contributed by atoms with Crippen LogP contribution in [-0.4, -0.2) is 82.3 Å². The molecule has 0 spiro atoms. The lowest BCUT2D eigenvalue weighted by Crippen LogP contribution is -2.47. The second kappa shape index (κ2) is 12.5. The summed E-state index contributed by atoms with van der Waals surface area (Å²) in [6, 6.07) is 12.7. The summed E-state index contributed by atoms with van der Waals surface area (Å²) in [6.07, 6.45) is 0.609. The van der Waals surface area contributed by atoms with Crippen LogP contribution in [0.1, 0.15) is 42.1 Å². The lowest BCUT2D eigenvalue weighted by molar-refractivity contribution is -0.138. The van der Waals surface area contributed by atoms with Crippen molar-refractivity contribution in [2.24, 2.45) is 0 Å². The molecule has 2 aromatic carbocycles. The summed E-state index contributed by atoms with van der Waals surface area (Å²) in [7, 11) is 0. The molecule has 2 N–H and O–H groups in total. The van der Waals surface area contributed by atoms with E-state index >= 15 is 0 Å². The first-order chi connectivity index (χ1) is 20.5. The normalized spacial score (nSPS) is 19.8. The summed E-state index contributed by atoms with van der Waals surface area (Å²) in [5.74, 6) is -4.11. The minimum atomic E-state index is -2.94. The van der Waals surface area contributed by atoms with Crippen molar-refractivity contribution in [1.82, 2.24) is 19.7 Å². The van der Waals surface area contributed by atoms with Crippen LogP contribution >= 0.6 is 0 Å². The minimum Gasteiger partial charge on any atom is -0.354 e. The second-order valence-electron chi connectivity index (χ2n) is 11.2. The van der Waals surface area contributed by atoms with Gasteiger partial charge in [-0.1, -0.05) is 30.3 Å². The van der Waals surface area contributed by atoms with E-state index < -0.39 is 42.5 Å². The molecule has 0 radical (unpaired) electrons. The van der Waals surface area contributed by atoms with E-state index in [1.54, 1.807) is 22.8 Å². The maximum atomic E-state index is 14.5. The number of amides is 4. The van der Waals surface area contributed by atoms with Gasteiger partial charge in [-0.2, -0.15) is 0 Å². The number of carbonyl (C=O) groups excluding carboxylic acids is 4. The average Bonchev–Trinajstić information content (AvgIpc) is 3.53. The molecule has 12 heteroatoms. The Kier molecular flexibility index (Phi) is 8.74. The number of hydrogen-bond donors (Lipinski definition) is 2. The van der Waals surface area contributed by atoms with Crippen molar-refractivity contribution in [3.05, 3.63) is 65.9 Å². The summed E-state index contributed by atoms with van der Waals surface area (Å²) >= 11 is 0. The van der Waals surface area contributed by atoms with E-state index in [0.717, 1.165) is 10.5 Å². The van der Waals surface area contributed by atoms with Crippen LogP contribution < -0.4 is 10.6 Å². The van der Waals surface area contributed by atoms with Crippen molar-refractivity contribution in [2.45, 2.75) is 57.3 Å². The summed E-state index contributed by atoms with van der Waals surface area (Å²) in [6.45, 7) is 0.816. The monoisotopic (exact) mass is 597 g/mol. The zero-order valence-corrected chi connectivity index (χ0v) is 23.8. The highest BCUT2D eigenvalue weighted by molar-refractivity contribution is 6.08. The first kappa shape index (κ1) is 30.1. The molecule has 2 fully saturated rings. The number of fused-ring (bicyclic) bond motifs is 1. The molecule has 0 unspecified atom stereocenters. The number of Topliss-reactive ketones (excluding diaryl/α,β-unsaturated/α-hetero) is 1. The molecule has 9 nitrogen and oxygen atoms in total. The molecule has 0 aliphatic carbocycles. The Labute approximate surface area is 247 Å². The average molecular weight is 598 g/mol. The fraction of sp³-hybridized carbons (Fsp3) is 0.419. The largest absolute Gasteiger partial charge is 0.354 e. The van der Waals surface area contributed by atoms with Crippen LogP contribution in [0.15, 0.2) is 54.7 Å². The van der Waals surface area contributed by atoms with Crippen molar-refractivity contribution in [1.29, 1.82) is 0 Å². The van der Waals surface area contributed by atoms with Gasteiger partial charge in [0.05, 0.1) is 13.1 Å². The highest BCUT2D eigenvalue weighted by atomic mass is 19.3. The van der Waals surface area contributed by atoms with Gasteiger partial charge >= 0.3 is 6.03 Å². The fourth-order valence-electron chi connectivity index (χ4n) is 5.77. The van der Waals surface area contributed by atoms with Crippen LogP contribution in [0.25, 0.3) is 10.9 Å². The third kappa shape index (κ3) is 7.00. The van der Waals surface area contributed by atoms with E-state index in [1.807, 2.05) is 30.3 Å². The number of ketones is 1. The molecule has 2 saturated heterocycles. The Morgan fingerprint density at radius 1 is 1.07 bits per heavy atom. The van der Waals surface area contributed by atoms with Gasteiger partial charge in [0.25, 0.3) is 5.92 Å². The molecule has 0 bridgehead atoms. The highest BCUT2D eigenvalue weighted by Crippen LogP contribution is 2.29. The fourth-order valence-corrected chi connectivity index (χ4v) is 5.77. The van der Waals surface area contributed by atoms with Crippen molar-refractivity contribution in [3.63, 3.8) is 0 Å². The molecule has 3 heterocycles. The molecule has 2 aliphatic heterocycles. The summed E-state index contributed by atoms with van der Waals surface area (Å²) in [4.78, 5) is 53.7. The molecule has 3 aromatic rings. The zero-order chi connectivity index (χ0) is 30.7. The van der Waals surface area contributed by atoms with Crippen LogP contribution in [0.4, 0.5) is 23.7 Å². The van der Waals surface area contributed by atoms with Gasteiger partial charge in [-0.25, -0.2) is 18.0 Å². The number of aromatic nitrogens is 1. The minimum absolute atomic E-state index is 0.0972. The third-order valence-electron chi connectivity index (χ3n) is 7.93. The number of urea groups is 1. The van der Waals surface area contributed by atoms with E-state index in [0.29, 0.717) is 35.1 Å². The Balaban J connectivity index is 1.28. The SMILES string of the molecule is CC(=O)c1cn(CC(=O)N2C[C@H](F)C[C@H]2C(=O)NCCc2ccccc2)c2ccc(NC(=O)N3CCCC(F)(F)C3)cc12. The number of halogens is 3. The van der Waals surface area contributed by atoms with E-state index in [1.165, 1.54) is 18.0 Å². The number of piperidine rings is 1. The van der Waals surface area contributed by atoms with E-state index in [4.69, 9.17) is 0 Å². The van der Waals surface area contributed by atoms with Gasteiger partial charge in [-0.05, 0) is 43.5 Å². The number of anilines is 1. The number of nitrogens with zero attached hydrogens (tertiary/aromatic N) is 3. The summed E-state index contributed by atoms with van der Waals surface area (Å²) in [5, 5.41) is 5.90. The van der Waals surface area contributed by atoms with Crippen molar-refractivity contribution >= 4 is 40.2 Å². The van der Waals surface area contributed by atoms with Crippen molar-refractivity contribution < 1.29 is 32.3 Å². The number of likely N-dealkylation sites (tertiary alicyclic amines) is 2.